The van der Waals surface area contributed by atoms with Crippen molar-refractivity contribution < 1.29 is 4.79 Å². The Morgan fingerprint density at radius 1 is 1.14 bits per heavy atom. The zero-order valence-corrected chi connectivity index (χ0v) is 14.6. The van der Waals surface area contributed by atoms with E-state index in [-0.39, 0.29) is 5.91 Å². The van der Waals surface area contributed by atoms with Crippen LogP contribution in [-0.4, -0.2) is 28.2 Å². The van der Waals surface area contributed by atoms with Crippen LogP contribution in [0.5, 0.6) is 0 Å². The predicted molar refractivity (Wildman–Crippen MR) is 97.8 cm³/mol. The fourth-order valence-electron chi connectivity index (χ4n) is 2.78. The fraction of sp³-hybridized carbons (Fsp3) is 0.294. The zero-order chi connectivity index (χ0) is 15.9. The van der Waals surface area contributed by atoms with Crippen LogP contribution in [0.4, 0.5) is 5.69 Å². The molecule has 2 heterocycles. The second-order valence-corrected chi connectivity index (χ2v) is 6.92. The van der Waals surface area contributed by atoms with Gasteiger partial charge in [-0.1, -0.05) is 42.2 Å². The SMILES string of the molecule is CCN1C(=O)/C(=C2/C=Cc3ccc(C)cc3N2CC)SC1=S. The van der Waals surface area contributed by atoms with Gasteiger partial charge in [-0.25, -0.2) is 0 Å². The third-order valence-corrected chi connectivity index (χ3v) is 5.36. The number of fused-ring (bicyclic) bond motifs is 1. The number of carbonyl (C=O) groups excluding carboxylic acids is 1. The van der Waals surface area contributed by atoms with E-state index in [1.165, 1.54) is 22.9 Å². The molecular weight excluding hydrogens is 312 g/mol. The molecular formula is C17H18N2OS2. The average Bonchev–Trinajstić information content (AvgIpc) is 2.80. The minimum Gasteiger partial charge on any atom is -0.340 e. The summed E-state index contributed by atoms with van der Waals surface area (Å²) in [5.74, 6) is 0.0201. The molecule has 1 aromatic carbocycles. The normalized spacial score (nSPS) is 20.9. The molecule has 0 unspecified atom stereocenters. The van der Waals surface area contributed by atoms with Crippen LogP contribution in [0.2, 0.25) is 0 Å². The molecule has 0 N–H and O–H groups in total. The Morgan fingerprint density at radius 2 is 1.86 bits per heavy atom. The van der Waals surface area contributed by atoms with Gasteiger partial charge in [0.25, 0.3) is 5.91 Å². The molecule has 3 nitrogen and oxygen atoms in total. The molecule has 0 radical (unpaired) electrons. The van der Waals surface area contributed by atoms with E-state index in [2.05, 4.69) is 43.0 Å². The number of hydrogen-bond donors (Lipinski definition) is 0. The molecule has 1 amide bonds. The lowest BCUT2D eigenvalue weighted by atomic mass is 10.0. The number of likely N-dealkylation sites (N-methyl/N-ethyl adjacent to an activating group) is 2. The summed E-state index contributed by atoms with van der Waals surface area (Å²) >= 11 is 6.73. The molecule has 114 valence electrons. The van der Waals surface area contributed by atoms with Gasteiger partial charge in [0.05, 0.1) is 5.70 Å². The maximum absolute atomic E-state index is 12.6. The second-order valence-electron chi connectivity index (χ2n) is 5.27. The number of carbonyl (C=O) groups is 1. The summed E-state index contributed by atoms with van der Waals surface area (Å²) in [6, 6.07) is 6.40. The summed E-state index contributed by atoms with van der Waals surface area (Å²) < 4.78 is 0.648. The van der Waals surface area contributed by atoms with Gasteiger partial charge in [0.2, 0.25) is 0 Å². The summed E-state index contributed by atoms with van der Waals surface area (Å²) in [5.41, 5.74) is 4.51. The monoisotopic (exact) mass is 330 g/mol. The lowest BCUT2D eigenvalue weighted by Crippen LogP contribution is -2.30. The molecule has 0 atom stereocenters. The first kappa shape index (κ1) is 15.3. The smallest absolute Gasteiger partial charge is 0.268 e. The number of hydrogen-bond acceptors (Lipinski definition) is 4. The van der Waals surface area contributed by atoms with E-state index >= 15 is 0 Å². The molecule has 2 aliphatic heterocycles. The van der Waals surface area contributed by atoms with Crippen molar-refractivity contribution in [3.05, 3.63) is 46.0 Å². The number of thioether (sulfide) groups is 1. The third kappa shape index (κ3) is 2.38. The molecule has 3 rings (SSSR count). The van der Waals surface area contributed by atoms with Gasteiger partial charge in [0, 0.05) is 18.8 Å². The number of thiocarbonyl (C=S) groups is 1. The Balaban J connectivity index is 2.11. The molecule has 1 aromatic rings. The first-order chi connectivity index (χ1) is 10.6. The van der Waals surface area contributed by atoms with Crippen LogP contribution in [0.15, 0.2) is 34.9 Å². The Hall–Kier alpha value is -1.59. The van der Waals surface area contributed by atoms with Crippen LogP contribution in [0.3, 0.4) is 0 Å². The number of benzene rings is 1. The molecule has 0 aliphatic carbocycles. The molecule has 0 saturated carbocycles. The molecule has 5 heteroatoms. The highest BCUT2D eigenvalue weighted by atomic mass is 32.2. The minimum absolute atomic E-state index is 0.0201. The van der Waals surface area contributed by atoms with Gasteiger partial charge in [0.1, 0.15) is 9.23 Å². The van der Waals surface area contributed by atoms with Gasteiger partial charge in [0.15, 0.2) is 0 Å². The van der Waals surface area contributed by atoms with Crippen LogP contribution < -0.4 is 4.90 Å². The van der Waals surface area contributed by atoms with E-state index in [0.29, 0.717) is 10.9 Å². The van der Waals surface area contributed by atoms with E-state index in [4.69, 9.17) is 12.2 Å². The van der Waals surface area contributed by atoms with Crippen molar-refractivity contribution >= 4 is 46.0 Å². The van der Waals surface area contributed by atoms with Crippen molar-refractivity contribution in [2.75, 3.05) is 18.0 Å². The molecule has 0 bridgehead atoms. The highest BCUT2D eigenvalue weighted by Gasteiger charge is 2.35. The molecule has 0 aromatic heterocycles. The van der Waals surface area contributed by atoms with Crippen molar-refractivity contribution in [2.45, 2.75) is 20.8 Å². The average molecular weight is 330 g/mol. The Morgan fingerprint density at radius 3 is 2.50 bits per heavy atom. The summed E-state index contributed by atoms with van der Waals surface area (Å²) in [7, 11) is 0. The quantitative estimate of drug-likeness (QED) is 0.605. The van der Waals surface area contributed by atoms with Crippen LogP contribution >= 0.6 is 24.0 Å². The number of amides is 1. The van der Waals surface area contributed by atoms with Gasteiger partial charge in [-0.3, -0.25) is 9.69 Å². The van der Waals surface area contributed by atoms with E-state index < -0.39 is 0 Å². The van der Waals surface area contributed by atoms with Crippen molar-refractivity contribution in [3.8, 4) is 0 Å². The van der Waals surface area contributed by atoms with Gasteiger partial charge < -0.3 is 4.90 Å². The summed E-state index contributed by atoms with van der Waals surface area (Å²) in [4.78, 5) is 17.2. The maximum atomic E-state index is 12.6. The van der Waals surface area contributed by atoms with Gasteiger partial charge >= 0.3 is 0 Å². The predicted octanol–water partition coefficient (Wildman–Crippen LogP) is 3.94. The highest BCUT2D eigenvalue weighted by molar-refractivity contribution is 8.26. The Labute approximate surface area is 140 Å². The highest BCUT2D eigenvalue weighted by Crippen LogP contribution is 2.39. The lowest BCUT2D eigenvalue weighted by Gasteiger charge is -2.30. The van der Waals surface area contributed by atoms with E-state index in [1.807, 2.05) is 13.0 Å². The van der Waals surface area contributed by atoms with Crippen molar-refractivity contribution in [2.24, 2.45) is 0 Å². The largest absolute Gasteiger partial charge is 0.340 e. The van der Waals surface area contributed by atoms with Crippen LogP contribution in [0, 0.1) is 6.92 Å². The molecule has 1 fully saturated rings. The number of rotatable bonds is 2. The zero-order valence-electron chi connectivity index (χ0n) is 12.9. The third-order valence-electron chi connectivity index (χ3n) is 3.90. The van der Waals surface area contributed by atoms with Gasteiger partial charge in [-0.2, -0.15) is 0 Å². The number of aryl methyl sites for hydroxylation is 1. The topological polar surface area (TPSA) is 23.6 Å². The van der Waals surface area contributed by atoms with Gasteiger partial charge in [-0.15, -0.1) is 0 Å². The second kappa shape index (κ2) is 5.89. The number of nitrogens with zero attached hydrogens (tertiary/aromatic N) is 2. The number of allylic oxidation sites excluding steroid dienone is 1. The first-order valence-corrected chi connectivity index (χ1v) is 8.63. The van der Waals surface area contributed by atoms with E-state index in [1.54, 1.807) is 4.90 Å². The van der Waals surface area contributed by atoms with Crippen molar-refractivity contribution in [1.29, 1.82) is 0 Å². The molecule has 0 spiro atoms. The van der Waals surface area contributed by atoms with Crippen LogP contribution in [0.25, 0.3) is 6.08 Å². The van der Waals surface area contributed by atoms with Crippen LogP contribution in [0.1, 0.15) is 25.0 Å². The standard InChI is InChI=1S/C17H18N2OS2/c1-4-18-13(15-16(20)19(5-2)17(21)22-15)9-8-12-7-6-11(3)10-14(12)18/h6-10H,4-5H2,1-3H3/b15-13+. The Bertz CT molecular complexity index is 721. The minimum atomic E-state index is 0.0201. The first-order valence-electron chi connectivity index (χ1n) is 7.41. The Kier molecular flexibility index (Phi) is 4.10. The fourth-order valence-corrected chi connectivity index (χ4v) is 4.22. The van der Waals surface area contributed by atoms with Crippen molar-refractivity contribution in [1.82, 2.24) is 4.90 Å². The number of anilines is 1. The van der Waals surface area contributed by atoms with Gasteiger partial charge in [-0.05, 0) is 44.0 Å². The molecule has 2 aliphatic rings. The van der Waals surface area contributed by atoms with E-state index in [9.17, 15) is 4.79 Å². The lowest BCUT2D eigenvalue weighted by molar-refractivity contribution is -0.122. The van der Waals surface area contributed by atoms with E-state index in [0.717, 1.165) is 22.8 Å². The summed E-state index contributed by atoms with van der Waals surface area (Å²) in [6.07, 6.45) is 4.11. The maximum Gasteiger partial charge on any atom is 0.268 e. The molecule has 22 heavy (non-hydrogen) atoms. The van der Waals surface area contributed by atoms with Crippen molar-refractivity contribution in [3.63, 3.8) is 0 Å². The molecule has 1 saturated heterocycles. The van der Waals surface area contributed by atoms with Crippen LogP contribution in [-0.2, 0) is 4.79 Å². The summed E-state index contributed by atoms with van der Waals surface area (Å²) in [5, 5.41) is 0. The summed E-state index contributed by atoms with van der Waals surface area (Å²) in [6.45, 7) is 7.57.